The maximum atomic E-state index is 12.8. The van der Waals surface area contributed by atoms with Gasteiger partial charge in [0.1, 0.15) is 82.0 Å². The Kier molecular flexibility index (Phi) is 29.4. The quantitative estimate of drug-likeness (QED) is 0.0323. The molecule has 9 heterocycles. The first kappa shape index (κ1) is 88.4. The van der Waals surface area contributed by atoms with Crippen LogP contribution in [0.4, 0.5) is 0 Å². The highest BCUT2D eigenvalue weighted by Crippen LogP contribution is 2.40. The number of nitrogens with zero attached hydrogens (tertiary/aromatic N) is 8. The summed E-state index contributed by atoms with van der Waals surface area (Å²) in [7, 11) is -2.43. The Morgan fingerprint density at radius 2 is 0.982 bits per heavy atom. The van der Waals surface area contributed by atoms with Gasteiger partial charge in [-0.2, -0.15) is 9.97 Å². The first-order valence-electron chi connectivity index (χ1n) is 37.3. The number of ether oxygens (including phenoxy) is 8. The number of benzene rings is 5. The summed E-state index contributed by atoms with van der Waals surface area (Å²) in [5.74, 6) is 0.561. The highest BCUT2D eigenvalue weighted by molar-refractivity contribution is 9.10. The lowest BCUT2D eigenvalue weighted by atomic mass is 9.79. The van der Waals surface area contributed by atoms with Crippen molar-refractivity contribution < 1.29 is 70.0 Å². The van der Waals surface area contributed by atoms with Gasteiger partial charge in [0.2, 0.25) is 0 Å². The molecule has 5 saturated heterocycles. The van der Waals surface area contributed by atoms with Gasteiger partial charge in [0.25, 0.3) is 0 Å². The number of aliphatic hydroxyl groups excluding tert-OH is 2. The molecular formula is C78H101BBr2Cl2N10O15S3Si2. The molecule has 5 aromatic carbocycles. The van der Waals surface area contributed by atoms with Crippen LogP contribution >= 0.6 is 55.1 Å². The fourth-order valence-electron chi connectivity index (χ4n) is 12.7. The van der Waals surface area contributed by atoms with Crippen molar-refractivity contribution in [2.45, 2.75) is 174 Å². The number of aromatic nitrogens is 6. The van der Waals surface area contributed by atoms with Gasteiger partial charge in [0.15, 0.2) is 23.5 Å². The number of hydrogen-bond donors (Lipinski definition) is 4. The molecule has 5 aliphatic rings. The van der Waals surface area contributed by atoms with Crippen molar-refractivity contribution in [3.63, 3.8) is 0 Å². The predicted octanol–water partition coefficient (Wildman–Crippen LogP) is 14.1. The third-order valence-electron chi connectivity index (χ3n) is 20.2. The van der Waals surface area contributed by atoms with Gasteiger partial charge in [-0.1, -0.05) is 162 Å². The summed E-state index contributed by atoms with van der Waals surface area (Å²) in [6, 6.07) is 44.5. The second-order valence-electron chi connectivity index (χ2n) is 31.0. The molecule has 0 bridgehead atoms. The van der Waals surface area contributed by atoms with E-state index < -0.39 is 102 Å². The van der Waals surface area contributed by atoms with E-state index in [4.69, 9.17) is 90.3 Å². The van der Waals surface area contributed by atoms with Gasteiger partial charge in [-0.15, -0.1) is 0 Å². The standard InChI is InChI=1S/C32H40ClN5O6SSi.C30H41BClN3O7Si.C9H12BrNOS.C7H8BrNOS/c1-34-45(40,35-2)23-12-10-21(11-13-23)20-6-8-22(9-7-20)28-24(33)16-25-31(37-28)38(19-41-14-15-46(3,4)5)32(36-25)44-27-18-43-29-26(39)17-42-30(27)29;1-29(2)30(3,4)42-31(41-29)19-10-8-18(9-11-19)24-20(32)14-21-27(34-24)35(17-37-12-13-43(5,6)7)28(33-21)40-23-16-39-25-22(36)15-38-26(23)25;1-3-13(12,11-2)9-6-4-8(10)5-7-9;1-9-11(10)7-4-2-6(8)3-5-7/h6-13,16,26-27,29-30,39H,14-15,17-19H2,1-5H3,(H,34,35,40);8-11,14,22-23,25-26,36H,12-13,15-17H2,1-7H3;4-7H,3H2,1-2H3;2-5,9H,1H3/t26-,27-,29-,30-;22-,23-,25-,26-;;/m11../s1. The molecule has 35 heteroatoms. The summed E-state index contributed by atoms with van der Waals surface area (Å²) in [5, 5.41) is 21.3. The van der Waals surface area contributed by atoms with E-state index in [1.165, 1.54) is 0 Å². The number of fused-ring (bicyclic) bond motifs is 4. The fraction of sp³-hybridized carbons (Fsp3) is 0.462. The molecule has 0 spiro atoms. The van der Waals surface area contributed by atoms with Crippen LogP contribution in [-0.4, -0.2) is 209 Å². The van der Waals surface area contributed by atoms with E-state index >= 15 is 0 Å². The Hall–Kier alpha value is -5.45. The Morgan fingerprint density at radius 1 is 0.584 bits per heavy atom. The summed E-state index contributed by atoms with van der Waals surface area (Å²) in [6.07, 6.45) is -3.77. The number of rotatable bonds is 24. The molecule has 610 valence electrons. The van der Waals surface area contributed by atoms with E-state index in [0.29, 0.717) is 86.3 Å². The molecule has 0 saturated carbocycles. The Labute approximate surface area is 694 Å². The van der Waals surface area contributed by atoms with Crippen LogP contribution in [-0.2, 0) is 81.8 Å². The second-order valence-corrected chi connectivity index (χ2v) is 51.3. The highest BCUT2D eigenvalue weighted by atomic mass is 79.9. The summed E-state index contributed by atoms with van der Waals surface area (Å²) in [5.41, 5.74) is 7.32. The van der Waals surface area contributed by atoms with Crippen molar-refractivity contribution in [3.05, 3.63) is 152 Å². The second kappa shape index (κ2) is 37.7. The molecule has 0 aliphatic carbocycles. The monoisotopic (exact) mass is 1810 g/mol. The average molecular weight is 1810 g/mol. The van der Waals surface area contributed by atoms with Crippen molar-refractivity contribution in [1.82, 2.24) is 38.5 Å². The zero-order valence-electron chi connectivity index (χ0n) is 66.2. The van der Waals surface area contributed by atoms with E-state index in [9.17, 15) is 22.8 Å². The third kappa shape index (κ3) is 21.4. The Bertz CT molecular complexity index is 5040. The van der Waals surface area contributed by atoms with Crippen molar-refractivity contribution in [1.29, 1.82) is 0 Å². The first-order valence-corrected chi connectivity index (χ1v) is 51.4. The Morgan fingerprint density at radius 3 is 1.38 bits per heavy atom. The van der Waals surface area contributed by atoms with E-state index in [-0.39, 0.29) is 45.5 Å². The molecular weight excluding hydrogens is 1710 g/mol. The van der Waals surface area contributed by atoms with Gasteiger partial charge in [-0.3, -0.25) is 9.13 Å². The highest BCUT2D eigenvalue weighted by Gasteiger charge is 2.53. The van der Waals surface area contributed by atoms with Crippen LogP contribution in [0.2, 0.25) is 61.4 Å². The predicted molar refractivity (Wildman–Crippen MR) is 458 cm³/mol. The summed E-state index contributed by atoms with van der Waals surface area (Å²) in [6.45, 7) is 26.6. The number of imidazole rings is 2. The lowest BCUT2D eigenvalue weighted by Crippen LogP contribution is -2.41. The normalized spacial score (nSPS) is 22.2. The van der Waals surface area contributed by atoms with Crippen LogP contribution in [0.3, 0.4) is 0 Å². The fourth-order valence-corrected chi connectivity index (χ4v) is 18.4. The van der Waals surface area contributed by atoms with Crippen molar-refractivity contribution in [2.24, 2.45) is 8.73 Å². The maximum absolute atomic E-state index is 12.8. The van der Waals surface area contributed by atoms with Crippen LogP contribution in [0.1, 0.15) is 34.6 Å². The molecule has 0 amide bonds. The van der Waals surface area contributed by atoms with Gasteiger partial charge in [-0.25, -0.2) is 40.8 Å². The lowest BCUT2D eigenvalue weighted by molar-refractivity contribution is 0.00332. The summed E-state index contributed by atoms with van der Waals surface area (Å²) in [4.78, 5) is 21.6. The van der Waals surface area contributed by atoms with Crippen molar-refractivity contribution in [3.8, 4) is 45.7 Å². The molecule has 25 nitrogen and oxygen atoms in total. The van der Waals surface area contributed by atoms with Gasteiger partial charge in [0.05, 0.1) is 78.6 Å². The lowest BCUT2D eigenvalue weighted by Gasteiger charge is -2.32. The molecule has 3 unspecified atom stereocenters. The van der Waals surface area contributed by atoms with Gasteiger partial charge in [0, 0.05) is 74.2 Å². The molecule has 11 atom stereocenters. The number of pyridine rings is 2. The Balaban J connectivity index is 0.000000173. The van der Waals surface area contributed by atoms with Gasteiger partial charge in [-0.05, 0) is 143 Å². The minimum absolute atomic E-state index is 0.204. The number of hydrogen-bond acceptors (Lipinski definition) is 21. The maximum Gasteiger partial charge on any atom is 0.494 e. The van der Waals surface area contributed by atoms with Crippen molar-refractivity contribution >= 4 is 137 Å². The van der Waals surface area contributed by atoms with Crippen LogP contribution in [0.15, 0.2) is 166 Å². The van der Waals surface area contributed by atoms with Gasteiger partial charge < -0.3 is 57.4 Å². The van der Waals surface area contributed by atoms with Crippen LogP contribution in [0, 0.1) is 0 Å². The minimum Gasteiger partial charge on any atom is -0.456 e. The van der Waals surface area contributed by atoms with Crippen LogP contribution in [0.5, 0.6) is 12.0 Å². The molecule has 113 heavy (non-hydrogen) atoms. The van der Waals surface area contributed by atoms with Gasteiger partial charge >= 0.3 is 19.1 Å². The zero-order valence-corrected chi connectivity index (χ0v) is 75.3. The molecule has 14 rings (SSSR count). The largest absolute Gasteiger partial charge is 0.494 e. The average Bonchev–Trinajstić information content (AvgIpc) is 1.61. The SMILES string of the molecule is CC1(C)OB(c2ccc(-c3nc4c(cc3Cl)nc(O[C@@H]3CO[C@H]5[C@@H]3OC[C@H]5O)n4COCC[Si](C)(C)C)cc2)OC1(C)C.CCS(=O)(=NC)c1ccc(Br)cc1.CN=S(=O)(NC)c1ccc(-c2ccc(-c3nc4c(cc3Cl)nc(O[C@@H]3CO[C@H]5[C@@H]3OC[C@H]5O)n4COCC[Si](C)(C)C)cc2)cc1.CNS(=O)c1ccc(Br)cc1. The molecule has 4 aromatic heterocycles. The topological polar surface area (TPSA) is 294 Å². The smallest absolute Gasteiger partial charge is 0.456 e. The van der Waals surface area contributed by atoms with Crippen LogP contribution in [0.25, 0.3) is 56.0 Å². The molecule has 5 aliphatic heterocycles. The van der Waals surface area contributed by atoms with E-state index in [0.717, 1.165) is 58.5 Å². The van der Waals surface area contributed by atoms with Crippen LogP contribution < -0.4 is 24.4 Å². The molecule has 9 aromatic rings. The number of aliphatic hydroxyl groups is 2. The minimum atomic E-state index is -2.63. The molecule has 0 radical (unpaired) electrons. The zero-order chi connectivity index (χ0) is 81.5. The molecule has 4 N–H and O–H groups in total. The number of halogens is 4. The van der Waals surface area contributed by atoms with E-state index in [1.807, 2.05) is 165 Å². The van der Waals surface area contributed by atoms with E-state index in [2.05, 4.69) is 89.3 Å². The van der Waals surface area contributed by atoms with E-state index in [1.54, 1.807) is 40.3 Å². The first-order chi connectivity index (χ1) is 53.6. The summed E-state index contributed by atoms with van der Waals surface area (Å²) >= 11 is 20.2. The van der Waals surface area contributed by atoms with Crippen molar-refractivity contribution in [2.75, 3.05) is 73.6 Å². The summed E-state index contributed by atoms with van der Waals surface area (Å²) < 4.78 is 116. The molecule has 5 fully saturated rings. The third-order valence-corrected chi connectivity index (χ3v) is 30.7. The number of nitrogens with one attached hydrogen (secondary N) is 2.